The molecule has 1 N–H and O–H groups in total. The number of hydrogen-bond acceptors (Lipinski definition) is 2. The summed E-state index contributed by atoms with van der Waals surface area (Å²) in [6, 6.07) is 13.3. The third-order valence-corrected chi connectivity index (χ3v) is 4.01. The van der Waals surface area contributed by atoms with Crippen molar-refractivity contribution < 1.29 is 0 Å². The molecule has 0 fully saturated rings. The number of thiophene rings is 1. The topological polar surface area (TPSA) is 12.0 Å². The van der Waals surface area contributed by atoms with Gasteiger partial charge in [-0.15, -0.1) is 11.3 Å². The van der Waals surface area contributed by atoms with Gasteiger partial charge >= 0.3 is 0 Å². The van der Waals surface area contributed by atoms with E-state index in [1.807, 2.05) is 12.1 Å². The summed E-state index contributed by atoms with van der Waals surface area (Å²) in [5.74, 6) is 0. The van der Waals surface area contributed by atoms with Crippen LogP contribution in [0.5, 0.6) is 0 Å². The SMILES string of the molecule is CC(C)NC(Cc1ccc(Cl)cc1)c1cccs1. The fourth-order valence-corrected chi connectivity index (χ4v) is 2.90. The van der Waals surface area contributed by atoms with Gasteiger partial charge in [-0.05, 0) is 35.6 Å². The van der Waals surface area contributed by atoms with Crippen LogP contribution in [0.4, 0.5) is 0 Å². The summed E-state index contributed by atoms with van der Waals surface area (Å²) in [6.07, 6.45) is 0.996. The Kier molecular flexibility index (Phi) is 4.81. The van der Waals surface area contributed by atoms with Gasteiger partial charge in [-0.1, -0.05) is 43.6 Å². The van der Waals surface area contributed by atoms with E-state index >= 15 is 0 Å². The van der Waals surface area contributed by atoms with E-state index in [9.17, 15) is 0 Å². The molecule has 1 heterocycles. The molecule has 0 radical (unpaired) electrons. The lowest BCUT2D eigenvalue weighted by Gasteiger charge is -2.20. The molecule has 18 heavy (non-hydrogen) atoms. The summed E-state index contributed by atoms with van der Waals surface area (Å²) >= 11 is 7.73. The molecule has 1 nitrogen and oxygen atoms in total. The quantitative estimate of drug-likeness (QED) is 0.838. The number of hydrogen-bond donors (Lipinski definition) is 1. The summed E-state index contributed by atoms with van der Waals surface area (Å²) in [4.78, 5) is 1.39. The van der Waals surface area contributed by atoms with Crippen molar-refractivity contribution >= 4 is 22.9 Å². The fraction of sp³-hybridized carbons (Fsp3) is 0.333. The molecular weight excluding hydrogens is 262 g/mol. The molecule has 0 bridgehead atoms. The average Bonchev–Trinajstić information content (AvgIpc) is 2.84. The zero-order valence-electron chi connectivity index (χ0n) is 10.7. The van der Waals surface area contributed by atoms with Gasteiger partial charge < -0.3 is 5.32 Å². The third-order valence-electron chi connectivity index (χ3n) is 2.77. The molecule has 96 valence electrons. The fourth-order valence-electron chi connectivity index (χ4n) is 1.99. The molecule has 1 aromatic carbocycles. The Labute approximate surface area is 118 Å². The van der Waals surface area contributed by atoms with Crippen molar-refractivity contribution in [3.05, 3.63) is 57.2 Å². The molecule has 0 saturated carbocycles. The van der Waals surface area contributed by atoms with E-state index in [1.54, 1.807) is 11.3 Å². The molecule has 3 heteroatoms. The molecule has 2 aromatic rings. The lowest BCUT2D eigenvalue weighted by atomic mass is 10.0. The smallest absolute Gasteiger partial charge is 0.0457 e. The van der Waals surface area contributed by atoms with E-state index in [0.717, 1.165) is 11.4 Å². The largest absolute Gasteiger partial charge is 0.307 e. The summed E-state index contributed by atoms with van der Waals surface area (Å²) in [5.41, 5.74) is 1.31. The van der Waals surface area contributed by atoms with Gasteiger partial charge in [-0.2, -0.15) is 0 Å². The van der Waals surface area contributed by atoms with Crippen LogP contribution in [0.25, 0.3) is 0 Å². The molecule has 0 spiro atoms. The maximum atomic E-state index is 5.92. The molecule has 0 aliphatic heterocycles. The Bertz CT molecular complexity index is 462. The first-order valence-electron chi connectivity index (χ1n) is 6.19. The van der Waals surface area contributed by atoms with Crippen LogP contribution in [0.15, 0.2) is 41.8 Å². The molecule has 1 atom stereocenters. The van der Waals surface area contributed by atoms with E-state index < -0.39 is 0 Å². The minimum absolute atomic E-state index is 0.381. The Morgan fingerprint density at radius 3 is 2.44 bits per heavy atom. The first kappa shape index (κ1) is 13.6. The van der Waals surface area contributed by atoms with Gasteiger partial charge in [0.25, 0.3) is 0 Å². The standard InChI is InChI=1S/C15H18ClNS/c1-11(2)17-14(15-4-3-9-18-15)10-12-5-7-13(16)8-6-12/h3-9,11,14,17H,10H2,1-2H3. The Hall–Kier alpha value is -0.830. The van der Waals surface area contributed by atoms with E-state index in [1.165, 1.54) is 10.4 Å². The van der Waals surface area contributed by atoms with Crippen LogP contribution in [0.1, 0.15) is 30.3 Å². The molecular formula is C15H18ClNS. The molecule has 0 aliphatic rings. The van der Waals surface area contributed by atoms with Crippen LogP contribution in [0.3, 0.4) is 0 Å². The number of nitrogens with one attached hydrogen (secondary N) is 1. The molecule has 2 rings (SSSR count). The first-order chi connectivity index (χ1) is 8.65. The predicted octanol–water partition coefficient (Wildman–Crippen LogP) is 4.68. The predicted molar refractivity (Wildman–Crippen MR) is 80.5 cm³/mol. The number of rotatable bonds is 5. The van der Waals surface area contributed by atoms with E-state index in [0.29, 0.717) is 12.1 Å². The third kappa shape index (κ3) is 3.84. The molecule has 0 aliphatic carbocycles. The van der Waals surface area contributed by atoms with Gasteiger partial charge in [0, 0.05) is 22.0 Å². The van der Waals surface area contributed by atoms with Gasteiger partial charge in [0.15, 0.2) is 0 Å². The highest BCUT2D eigenvalue weighted by Gasteiger charge is 2.14. The second kappa shape index (κ2) is 6.37. The Morgan fingerprint density at radius 2 is 1.89 bits per heavy atom. The normalized spacial score (nSPS) is 12.9. The minimum Gasteiger partial charge on any atom is -0.307 e. The molecule has 0 amide bonds. The van der Waals surface area contributed by atoms with Crippen LogP contribution in [-0.4, -0.2) is 6.04 Å². The monoisotopic (exact) mass is 279 g/mol. The van der Waals surface area contributed by atoms with Gasteiger partial charge in [0.1, 0.15) is 0 Å². The van der Waals surface area contributed by atoms with Crippen molar-refractivity contribution in [2.45, 2.75) is 32.4 Å². The number of halogens is 1. The van der Waals surface area contributed by atoms with Crippen molar-refractivity contribution in [3.63, 3.8) is 0 Å². The minimum atomic E-state index is 0.381. The van der Waals surface area contributed by atoms with Crippen LogP contribution >= 0.6 is 22.9 Å². The van der Waals surface area contributed by atoms with Crippen LogP contribution in [-0.2, 0) is 6.42 Å². The zero-order valence-corrected chi connectivity index (χ0v) is 12.3. The van der Waals surface area contributed by atoms with Crippen molar-refractivity contribution in [3.8, 4) is 0 Å². The van der Waals surface area contributed by atoms with Gasteiger partial charge in [-0.3, -0.25) is 0 Å². The number of benzene rings is 1. The maximum absolute atomic E-state index is 5.92. The summed E-state index contributed by atoms with van der Waals surface area (Å²) in [7, 11) is 0. The molecule has 1 aromatic heterocycles. The van der Waals surface area contributed by atoms with Gasteiger partial charge in [0.2, 0.25) is 0 Å². The van der Waals surface area contributed by atoms with E-state index in [2.05, 4.69) is 48.8 Å². The van der Waals surface area contributed by atoms with Crippen LogP contribution in [0, 0.1) is 0 Å². The second-order valence-corrected chi connectivity index (χ2v) is 6.14. The average molecular weight is 280 g/mol. The Balaban J connectivity index is 2.12. The van der Waals surface area contributed by atoms with Gasteiger partial charge in [0.05, 0.1) is 0 Å². The summed E-state index contributed by atoms with van der Waals surface area (Å²) in [6.45, 7) is 4.37. The summed E-state index contributed by atoms with van der Waals surface area (Å²) < 4.78 is 0. The van der Waals surface area contributed by atoms with E-state index in [4.69, 9.17) is 11.6 Å². The van der Waals surface area contributed by atoms with Crippen LogP contribution in [0.2, 0.25) is 5.02 Å². The maximum Gasteiger partial charge on any atom is 0.0457 e. The van der Waals surface area contributed by atoms with E-state index in [-0.39, 0.29) is 0 Å². The molecule has 1 unspecified atom stereocenters. The second-order valence-electron chi connectivity index (χ2n) is 4.72. The van der Waals surface area contributed by atoms with Crippen LogP contribution < -0.4 is 5.32 Å². The van der Waals surface area contributed by atoms with Gasteiger partial charge in [-0.25, -0.2) is 0 Å². The van der Waals surface area contributed by atoms with Crippen molar-refractivity contribution in [1.82, 2.24) is 5.32 Å². The highest BCUT2D eigenvalue weighted by atomic mass is 35.5. The summed E-state index contributed by atoms with van der Waals surface area (Å²) in [5, 5.41) is 6.55. The Morgan fingerprint density at radius 1 is 1.17 bits per heavy atom. The zero-order chi connectivity index (χ0) is 13.0. The first-order valence-corrected chi connectivity index (χ1v) is 7.45. The highest BCUT2D eigenvalue weighted by molar-refractivity contribution is 7.10. The van der Waals surface area contributed by atoms with Crippen molar-refractivity contribution in [2.24, 2.45) is 0 Å². The van der Waals surface area contributed by atoms with Crippen molar-refractivity contribution in [2.75, 3.05) is 0 Å². The van der Waals surface area contributed by atoms with Crippen molar-refractivity contribution in [1.29, 1.82) is 0 Å². The lowest BCUT2D eigenvalue weighted by molar-refractivity contribution is 0.480. The molecule has 0 saturated heterocycles. The highest BCUT2D eigenvalue weighted by Crippen LogP contribution is 2.24. The lowest BCUT2D eigenvalue weighted by Crippen LogP contribution is -2.29.